The molecular weight excluding hydrogens is 226 g/mol. The van der Waals surface area contributed by atoms with Gasteiger partial charge in [-0.25, -0.2) is 0 Å². The second kappa shape index (κ2) is 6.01. The van der Waals surface area contributed by atoms with Crippen molar-refractivity contribution in [3.05, 3.63) is 35.4 Å². The highest BCUT2D eigenvalue weighted by atomic mass is 16.3. The zero-order chi connectivity index (χ0) is 13.8. The quantitative estimate of drug-likeness (QED) is 0.861. The molecule has 0 aliphatic rings. The lowest BCUT2D eigenvalue weighted by Crippen LogP contribution is -2.33. The molecule has 2 N–H and O–H groups in total. The molecule has 0 aromatic heterocycles. The van der Waals surface area contributed by atoms with Crippen LogP contribution in [0.5, 0.6) is 0 Å². The molecule has 1 unspecified atom stereocenters. The second-order valence-electron chi connectivity index (χ2n) is 5.57. The fraction of sp³-hybridized carbons (Fsp3) is 0.533. The lowest BCUT2D eigenvalue weighted by molar-refractivity contribution is 0.0911. The maximum absolute atomic E-state index is 12.1. The first kappa shape index (κ1) is 14.7. The van der Waals surface area contributed by atoms with Crippen LogP contribution < -0.4 is 5.32 Å². The number of hydrogen-bond donors (Lipinski definition) is 2. The second-order valence-corrected chi connectivity index (χ2v) is 5.57. The van der Waals surface area contributed by atoms with Crippen molar-refractivity contribution in [1.29, 1.82) is 0 Å². The van der Waals surface area contributed by atoms with Gasteiger partial charge in [0.05, 0.1) is 6.10 Å². The molecule has 18 heavy (non-hydrogen) atoms. The fourth-order valence-corrected chi connectivity index (χ4v) is 1.79. The largest absolute Gasteiger partial charge is 0.391 e. The molecule has 0 aliphatic carbocycles. The maximum Gasteiger partial charge on any atom is 0.251 e. The summed E-state index contributed by atoms with van der Waals surface area (Å²) in [5, 5.41) is 12.2. The summed E-state index contributed by atoms with van der Waals surface area (Å²) < 4.78 is 0. The molecule has 0 aliphatic heterocycles. The summed E-state index contributed by atoms with van der Waals surface area (Å²) >= 11 is 0. The monoisotopic (exact) mass is 249 g/mol. The van der Waals surface area contributed by atoms with Crippen LogP contribution in [0, 0.1) is 0 Å². The first-order valence-corrected chi connectivity index (χ1v) is 6.42. The lowest BCUT2D eigenvalue weighted by atomic mass is 9.83. The molecule has 1 aromatic rings. The van der Waals surface area contributed by atoms with Gasteiger partial charge in [0.25, 0.3) is 5.91 Å². The molecular formula is C15H23NO2. The van der Waals surface area contributed by atoms with Crippen LogP contribution >= 0.6 is 0 Å². The van der Waals surface area contributed by atoms with Crippen molar-refractivity contribution in [3.8, 4) is 0 Å². The van der Waals surface area contributed by atoms with Crippen molar-refractivity contribution in [1.82, 2.24) is 5.32 Å². The first-order valence-electron chi connectivity index (χ1n) is 6.42. The summed E-state index contributed by atoms with van der Waals surface area (Å²) in [4.78, 5) is 12.1. The van der Waals surface area contributed by atoms with Crippen LogP contribution in [0.15, 0.2) is 24.3 Å². The predicted molar refractivity (Wildman–Crippen MR) is 73.8 cm³/mol. The molecule has 1 amide bonds. The lowest BCUT2D eigenvalue weighted by Gasteiger charge is -2.22. The van der Waals surface area contributed by atoms with Crippen molar-refractivity contribution in [2.45, 2.75) is 45.6 Å². The van der Waals surface area contributed by atoms with E-state index >= 15 is 0 Å². The van der Waals surface area contributed by atoms with Gasteiger partial charge in [-0.2, -0.15) is 0 Å². The summed E-state index contributed by atoms with van der Waals surface area (Å²) in [5.74, 6) is -0.118. The van der Waals surface area contributed by atoms with Gasteiger partial charge in [0.15, 0.2) is 0 Å². The van der Waals surface area contributed by atoms with Gasteiger partial charge in [-0.1, -0.05) is 45.9 Å². The Hall–Kier alpha value is -1.35. The van der Waals surface area contributed by atoms with E-state index < -0.39 is 6.10 Å². The topological polar surface area (TPSA) is 49.3 Å². The standard InChI is InChI=1S/C15H23NO2/c1-5-11(17)10-16-14(18)12-8-6-7-9-13(12)15(2,3)4/h6-9,11,17H,5,10H2,1-4H3,(H,16,18). The van der Waals surface area contributed by atoms with Crippen molar-refractivity contribution < 1.29 is 9.90 Å². The van der Waals surface area contributed by atoms with Crippen LogP contribution in [-0.4, -0.2) is 23.7 Å². The van der Waals surface area contributed by atoms with Crippen LogP contribution in [0.4, 0.5) is 0 Å². The molecule has 1 aromatic carbocycles. The van der Waals surface area contributed by atoms with Crippen molar-refractivity contribution >= 4 is 5.91 Å². The summed E-state index contributed by atoms with van der Waals surface area (Å²) in [6.45, 7) is 8.44. The molecule has 3 nitrogen and oxygen atoms in total. The van der Waals surface area contributed by atoms with Crippen LogP contribution in [0.25, 0.3) is 0 Å². The third-order valence-electron chi connectivity index (χ3n) is 2.95. The molecule has 0 fully saturated rings. The van der Waals surface area contributed by atoms with Gasteiger partial charge < -0.3 is 10.4 Å². The average molecular weight is 249 g/mol. The van der Waals surface area contributed by atoms with E-state index in [2.05, 4.69) is 26.1 Å². The highest BCUT2D eigenvalue weighted by Crippen LogP contribution is 2.25. The van der Waals surface area contributed by atoms with E-state index in [1.54, 1.807) is 0 Å². The molecule has 100 valence electrons. The molecule has 0 bridgehead atoms. The molecule has 1 rings (SSSR count). The predicted octanol–water partition coefficient (Wildman–Crippen LogP) is 2.48. The number of benzene rings is 1. The summed E-state index contributed by atoms with van der Waals surface area (Å²) in [6, 6.07) is 7.61. The summed E-state index contributed by atoms with van der Waals surface area (Å²) in [7, 11) is 0. The number of carbonyl (C=O) groups excluding carboxylic acids is 1. The van der Waals surface area contributed by atoms with E-state index in [-0.39, 0.29) is 11.3 Å². The number of nitrogens with one attached hydrogen (secondary N) is 1. The van der Waals surface area contributed by atoms with Crippen LogP contribution in [0.2, 0.25) is 0 Å². The van der Waals surface area contributed by atoms with E-state index in [4.69, 9.17) is 0 Å². The van der Waals surface area contributed by atoms with Gasteiger partial charge in [0.1, 0.15) is 0 Å². The molecule has 0 heterocycles. The SMILES string of the molecule is CCC(O)CNC(=O)c1ccccc1C(C)(C)C. The number of hydrogen-bond acceptors (Lipinski definition) is 2. The van der Waals surface area contributed by atoms with Crippen molar-refractivity contribution in [3.63, 3.8) is 0 Å². The Morgan fingerprint density at radius 2 is 1.94 bits per heavy atom. The average Bonchev–Trinajstić information content (AvgIpc) is 2.34. The summed E-state index contributed by atoms with van der Waals surface area (Å²) in [5.41, 5.74) is 1.64. The highest BCUT2D eigenvalue weighted by molar-refractivity contribution is 5.96. The third-order valence-corrected chi connectivity index (χ3v) is 2.95. The Labute approximate surface area is 109 Å². The van der Waals surface area contributed by atoms with Gasteiger partial charge in [-0.05, 0) is 23.5 Å². The Kier molecular flexibility index (Phi) is 4.91. The maximum atomic E-state index is 12.1. The van der Waals surface area contributed by atoms with E-state index in [1.807, 2.05) is 31.2 Å². The molecule has 1 atom stereocenters. The number of aliphatic hydroxyl groups excluding tert-OH is 1. The van der Waals surface area contributed by atoms with Gasteiger partial charge in [-0.3, -0.25) is 4.79 Å². The van der Waals surface area contributed by atoms with Crippen LogP contribution in [0.1, 0.15) is 50.0 Å². The van der Waals surface area contributed by atoms with E-state index in [0.717, 1.165) is 5.56 Å². The summed E-state index contributed by atoms with van der Waals surface area (Å²) in [6.07, 6.45) is 0.164. The molecule has 0 saturated carbocycles. The zero-order valence-corrected chi connectivity index (χ0v) is 11.7. The van der Waals surface area contributed by atoms with Gasteiger partial charge >= 0.3 is 0 Å². The Morgan fingerprint density at radius 3 is 2.50 bits per heavy atom. The van der Waals surface area contributed by atoms with Gasteiger partial charge in [0, 0.05) is 12.1 Å². The fourth-order valence-electron chi connectivity index (χ4n) is 1.79. The van der Waals surface area contributed by atoms with E-state index in [9.17, 15) is 9.90 Å². The normalized spacial score (nSPS) is 13.2. The number of aliphatic hydroxyl groups is 1. The van der Waals surface area contributed by atoms with Crippen molar-refractivity contribution in [2.24, 2.45) is 0 Å². The number of carbonyl (C=O) groups is 1. The molecule has 0 saturated heterocycles. The van der Waals surface area contributed by atoms with Crippen LogP contribution in [0.3, 0.4) is 0 Å². The van der Waals surface area contributed by atoms with Gasteiger partial charge in [0.2, 0.25) is 0 Å². The molecule has 0 spiro atoms. The highest BCUT2D eigenvalue weighted by Gasteiger charge is 2.21. The third kappa shape index (κ3) is 3.84. The Bertz CT molecular complexity index is 407. The Morgan fingerprint density at radius 1 is 1.33 bits per heavy atom. The number of rotatable bonds is 4. The van der Waals surface area contributed by atoms with E-state index in [1.165, 1.54) is 0 Å². The molecule has 3 heteroatoms. The Balaban J connectivity index is 2.86. The van der Waals surface area contributed by atoms with Crippen LogP contribution in [-0.2, 0) is 5.41 Å². The smallest absolute Gasteiger partial charge is 0.251 e. The minimum Gasteiger partial charge on any atom is -0.391 e. The van der Waals surface area contributed by atoms with E-state index in [0.29, 0.717) is 18.5 Å². The minimum atomic E-state index is -0.476. The minimum absolute atomic E-state index is 0.0721. The molecule has 0 radical (unpaired) electrons. The zero-order valence-electron chi connectivity index (χ0n) is 11.7. The first-order chi connectivity index (χ1) is 8.36. The van der Waals surface area contributed by atoms with Gasteiger partial charge in [-0.15, -0.1) is 0 Å². The van der Waals surface area contributed by atoms with Crippen molar-refractivity contribution in [2.75, 3.05) is 6.54 Å². The number of amides is 1.